The number of amides is 1. The highest BCUT2D eigenvalue weighted by Crippen LogP contribution is 2.10. The van der Waals surface area contributed by atoms with Crippen molar-refractivity contribution in [3.8, 4) is 0 Å². The Bertz CT molecular complexity index is 636. The Morgan fingerprint density at radius 1 is 1.21 bits per heavy atom. The van der Waals surface area contributed by atoms with Crippen molar-refractivity contribution in [2.24, 2.45) is 5.84 Å². The summed E-state index contributed by atoms with van der Waals surface area (Å²) in [6, 6.07) is 10.4. The monoisotopic (exact) mass is 258 g/mol. The summed E-state index contributed by atoms with van der Waals surface area (Å²) in [7, 11) is 0. The zero-order valence-corrected chi connectivity index (χ0v) is 10.2. The predicted octanol–water partition coefficient (Wildman–Crippen LogP) is -0.176. The molecule has 6 nitrogen and oxygen atoms in total. The lowest BCUT2D eigenvalue weighted by Crippen LogP contribution is -2.32. The van der Waals surface area contributed by atoms with Crippen molar-refractivity contribution in [3.05, 3.63) is 64.1 Å². The molecule has 0 saturated heterocycles. The van der Waals surface area contributed by atoms with E-state index in [4.69, 9.17) is 5.84 Å². The van der Waals surface area contributed by atoms with Gasteiger partial charge in [0.25, 0.3) is 5.56 Å². The zero-order valence-electron chi connectivity index (χ0n) is 10.2. The van der Waals surface area contributed by atoms with E-state index in [2.05, 4.69) is 10.5 Å². The van der Waals surface area contributed by atoms with Crippen LogP contribution < -0.4 is 16.8 Å². The Morgan fingerprint density at radius 3 is 2.63 bits per heavy atom. The van der Waals surface area contributed by atoms with Crippen molar-refractivity contribution in [2.45, 2.75) is 13.0 Å². The third kappa shape index (κ3) is 3.26. The third-order valence-corrected chi connectivity index (χ3v) is 2.74. The van der Waals surface area contributed by atoms with Crippen molar-refractivity contribution >= 4 is 5.91 Å². The molecule has 1 aromatic heterocycles. The van der Waals surface area contributed by atoms with Crippen molar-refractivity contribution in [1.29, 1.82) is 0 Å². The van der Waals surface area contributed by atoms with Crippen LogP contribution in [0.15, 0.2) is 47.4 Å². The molecule has 1 amide bonds. The maximum atomic E-state index is 11.6. The second kappa shape index (κ2) is 5.92. The van der Waals surface area contributed by atoms with Crippen LogP contribution >= 0.6 is 0 Å². The van der Waals surface area contributed by atoms with E-state index in [-0.39, 0.29) is 17.9 Å². The molecule has 1 heterocycles. The molecule has 2 aromatic rings. The third-order valence-electron chi connectivity index (χ3n) is 2.74. The fraction of sp³-hybridized carbons (Fsp3) is 0.154. The molecule has 0 unspecified atom stereocenters. The molecule has 1 aromatic carbocycles. The average molecular weight is 258 g/mol. The number of rotatable bonds is 4. The van der Waals surface area contributed by atoms with Gasteiger partial charge in [-0.05, 0) is 17.2 Å². The molecule has 0 radical (unpaired) electrons. The van der Waals surface area contributed by atoms with Gasteiger partial charge in [-0.25, -0.2) is 10.5 Å². The molecule has 98 valence electrons. The molecule has 2 rings (SSSR count). The average Bonchev–Trinajstić information content (AvgIpc) is 2.43. The highest BCUT2D eigenvalue weighted by atomic mass is 16.2. The van der Waals surface area contributed by atoms with E-state index in [1.54, 1.807) is 12.3 Å². The van der Waals surface area contributed by atoms with Gasteiger partial charge >= 0.3 is 0 Å². The molecule has 3 N–H and O–H groups in total. The van der Waals surface area contributed by atoms with Crippen molar-refractivity contribution in [3.63, 3.8) is 0 Å². The quantitative estimate of drug-likeness (QED) is 0.452. The number of hydrazine groups is 1. The van der Waals surface area contributed by atoms with E-state index in [1.807, 2.05) is 24.3 Å². The number of carbonyl (C=O) groups is 1. The van der Waals surface area contributed by atoms with Crippen LogP contribution in [0.1, 0.15) is 11.1 Å². The van der Waals surface area contributed by atoms with Gasteiger partial charge in [-0.1, -0.05) is 24.3 Å². The number of hydrogen-bond donors (Lipinski definition) is 2. The van der Waals surface area contributed by atoms with Crippen molar-refractivity contribution < 1.29 is 4.79 Å². The van der Waals surface area contributed by atoms with Crippen LogP contribution in [0, 0.1) is 0 Å². The number of nitrogens with zero attached hydrogens (tertiary/aromatic N) is 2. The first-order valence-electron chi connectivity index (χ1n) is 5.79. The number of hydrogen-bond acceptors (Lipinski definition) is 4. The van der Waals surface area contributed by atoms with Crippen molar-refractivity contribution in [1.82, 2.24) is 15.2 Å². The highest BCUT2D eigenvalue weighted by Gasteiger charge is 2.07. The SMILES string of the molecule is NNC(=O)Cc1ccccc1Cn1ncccc1=O. The lowest BCUT2D eigenvalue weighted by atomic mass is 10.0. The van der Waals surface area contributed by atoms with E-state index in [1.165, 1.54) is 10.7 Å². The Balaban J connectivity index is 2.28. The molecule has 6 heteroatoms. The summed E-state index contributed by atoms with van der Waals surface area (Å²) < 4.78 is 1.35. The van der Waals surface area contributed by atoms with Crippen LogP contribution in [0.5, 0.6) is 0 Å². The summed E-state index contributed by atoms with van der Waals surface area (Å²) in [5.41, 5.74) is 3.60. The highest BCUT2D eigenvalue weighted by molar-refractivity contribution is 5.78. The second-order valence-corrected chi connectivity index (χ2v) is 4.03. The normalized spacial score (nSPS) is 10.2. The van der Waals surface area contributed by atoms with Gasteiger partial charge in [0.1, 0.15) is 0 Å². The van der Waals surface area contributed by atoms with Gasteiger partial charge in [0.15, 0.2) is 0 Å². The molecule has 0 bridgehead atoms. The minimum absolute atomic E-state index is 0.175. The fourth-order valence-electron chi connectivity index (χ4n) is 1.78. The Hall–Kier alpha value is -2.47. The summed E-state index contributed by atoms with van der Waals surface area (Å²) in [5.74, 6) is 4.80. The summed E-state index contributed by atoms with van der Waals surface area (Å²) in [4.78, 5) is 22.9. The summed E-state index contributed by atoms with van der Waals surface area (Å²) in [6.07, 6.45) is 1.73. The van der Waals surface area contributed by atoms with Gasteiger partial charge in [0.05, 0.1) is 13.0 Å². The predicted molar refractivity (Wildman–Crippen MR) is 70.1 cm³/mol. The molecule has 0 spiro atoms. The topological polar surface area (TPSA) is 90.0 Å². The molecular formula is C13H14N4O2. The van der Waals surface area contributed by atoms with Gasteiger partial charge in [0, 0.05) is 12.3 Å². The molecule has 0 aliphatic carbocycles. The Morgan fingerprint density at radius 2 is 1.95 bits per heavy atom. The van der Waals surface area contributed by atoms with Crippen LogP contribution in [-0.4, -0.2) is 15.7 Å². The summed E-state index contributed by atoms with van der Waals surface area (Å²) >= 11 is 0. The largest absolute Gasteiger partial charge is 0.294 e. The van der Waals surface area contributed by atoms with Gasteiger partial charge in [-0.2, -0.15) is 5.10 Å². The first kappa shape index (κ1) is 13.0. The smallest absolute Gasteiger partial charge is 0.267 e. The van der Waals surface area contributed by atoms with Crippen LogP contribution in [0.4, 0.5) is 0 Å². The van der Waals surface area contributed by atoms with Crippen LogP contribution in [-0.2, 0) is 17.8 Å². The molecule has 19 heavy (non-hydrogen) atoms. The van der Waals surface area contributed by atoms with Gasteiger partial charge in [-0.15, -0.1) is 0 Å². The first-order chi connectivity index (χ1) is 9.20. The minimum atomic E-state index is -0.277. The maximum Gasteiger partial charge on any atom is 0.267 e. The summed E-state index contributed by atoms with van der Waals surface area (Å²) in [6.45, 7) is 0.327. The fourth-order valence-corrected chi connectivity index (χ4v) is 1.78. The zero-order chi connectivity index (χ0) is 13.7. The number of carbonyl (C=O) groups excluding carboxylic acids is 1. The number of aromatic nitrogens is 2. The standard InChI is InChI=1S/C13H14N4O2/c14-16-12(18)8-10-4-1-2-5-11(10)9-17-13(19)6-3-7-15-17/h1-7H,8-9,14H2,(H,16,18). The van der Waals surface area contributed by atoms with E-state index < -0.39 is 0 Å². The first-order valence-corrected chi connectivity index (χ1v) is 5.79. The summed E-state index contributed by atoms with van der Waals surface area (Å²) in [5, 5.41) is 3.99. The van der Waals surface area contributed by atoms with E-state index >= 15 is 0 Å². The molecular weight excluding hydrogens is 244 g/mol. The van der Waals surface area contributed by atoms with E-state index in [0.29, 0.717) is 6.54 Å². The lowest BCUT2D eigenvalue weighted by Gasteiger charge is -2.09. The molecule has 0 aliphatic rings. The number of benzene rings is 1. The van der Waals surface area contributed by atoms with Gasteiger partial charge < -0.3 is 0 Å². The molecule has 0 aliphatic heterocycles. The van der Waals surface area contributed by atoms with E-state index in [0.717, 1.165) is 11.1 Å². The number of nitrogens with one attached hydrogen (secondary N) is 1. The van der Waals surface area contributed by atoms with Gasteiger partial charge in [0.2, 0.25) is 5.91 Å². The Labute approximate surface area is 109 Å². The van der Waals surface area contributed by atoms with Crippen molar-refractivity contribution in [2.75, 3.05) is 0 Å². The maximum absolute atomic E-state index is 11.6. The molecule has 0 saturated carbocycles. The lowest BCUT2D eigenvalue weighted by molar-refractivity contribution is -0.120. The van der Waals surface area contributed by atoms with Crippen LogP contribution in [0.2, 0.25) is 0 Å². The molecule has 0 atom stereocenters. The van der Waals surface area contributed by atoms with E-state index in [9.17, 15) is 9.59 Å². The minimum Gasteiger partial charge on any atom is -0.294 e. The van der Waals surface area contributed by atoms with Gasteiger partial charge in [-0.3, -0.25) is 15.0 Å². The van der Waals surface area contributed by atoms with Crippen LogP contribution in [0.25, 0.3) is 0 Å². The molecule has 0 fully saturated rings. The van der Waals surface area contributed by atoms with Crippen LogP contribution in [0.3, 0.4) is 0 Å². The Kier molecular flexibility index (Phi) is 4.04. The number of nitrogens with two attached hydrogens (primary N) is 1. The second-order valence-electron chi connectivity index (χ2n) is 4.03.